The van der Waals surface area contributed by atoms with Crippen LogP contribution in [0.2, 0.25) is 0 Å². The number of hydrogen-bond acceptors (Lipinski definition) is 2. The van der Waals surface area contributed by atoms with Crippen LogP contribution >= 0.6 is 0 Å². The van der Waals surface area contributed by atoms with E-state index in [2.05, 4.69) is 56.5 Å². The highest BCUT2D eigenvalue weighted by molar-refractivity contribution is 6.02. The van der Waals surface area contributed by atoms with E-state index >= 15 is 0 Å². The van der Waals surface area contributed by atoms with E-state index in [1.54, 1.807) is 0 Å². The van der Waals surface area contributed by atoms with Crippen molar-refractivity contribution in [2.75, 3.05) is 13.2 Å². The second kappa shape index (κ2) is 8.09. The van der Waals surface area contributed by atoms with Crippen LogP contribution in [0.3, 0.4) is 0 Å². The predicted molar refractivity (Wildman–Crippen MR) is 108 cm³/mol. The molecule has 26 heavy (non-hydrogen) atoms. The molecule has 4 nitrogen and oxygen atoms in total. The highest BCUT2D eigenvalue weighted by Gasteiger charge is 2.23. The van der Waals surface area contributed by atoms with Gasteiger partial charge in [-0.2, -0.15) is 0 Å². The van der Waals surface area contributed by atoms with Crippen LogP contribution in [0.25, 0.3) is 11.1 Å². The largest absolute Gasteiger partial charge is 0.382 e. The molecule has 0 aliphatic carbocycles. The lowest BCUT2D eigenvalue weighted by atomic mass is 9.86. The second-order valence-electron chi connectivity index (χ2n) is 7.81. The molecule has 1 amide bonds. The van der Waals surface area contributed by atoms with Crippen LogP contribution in [-0.2, 0) is 16.7 Å². The number of amides is 1. The fourth-order valence-electron chi connectivity index (χ4n) is 3.48. The first-order valence-corrected chi connectivity index (χ1v) is 9.36. The molecule has 0 fully saturated rings. The Hall–Kier alpha value is -2.07. The summed E-state index contributed by atoms with van der Waals surface area (Å²) in [4.78, 5) is 12.2. The van der Waals surface area contributed by atoms with E-state index < -0.39 is 0 Å². The zero-order chi connectivity index (χ0) is 19.5. The van der Waals surface area contributed by atoms with Crippen LogP contribution in [0.15, 0.2) is 24.3 Å². The molecule has 1 aromatic carbocycles. The van der Waals surface area contributed by atoms with Gasteiger partial charge in [0.1, 0.15) is 0 Å². The third kappa shape index (κ3) is 4.18. The van der Waals surface area contributed by atoms with Crippen molar-refractivity contribution in [3.05, 3.63) is 46.8 Å². The van der Waals surface area contributed by atoms with Crippen LogP contribution in [0, 0.1) is 13.8 Å². The van der Waals surface area contributed by atoms with Crippen molar-refractivity contribution in [2.24, 2.45) is 5.73 Å². The van der Waals surface area contributed by atoms with Gasteiger partial charge in [0, 0.05) is 36.7 Å². The van der Waals surface area contributed by atoms with Crippen molar-refractivity contribution >= 4 is 5.91 Å². The number of nitrogens with two attached hydrogens (primary N) is 1. The van der Waals surface area contributed by atoms with E-state index in [1.807, 2.05) is 13.8 Å². The number of nitrogens with zero attached hydrogens (tertiary/aromatic N) is 1. The summed E-state index contributed by atoms with van der Waals surface area (Å²) in [7, 11) is 0. The van der Waals surface area contributed by atoms with Crippen molar-refractivity contribution in [3.63, 3.8) is 0 Å². The van der Waals surface area contributed by atoms with Gasteiger partial charge < -0.3 is 15.0 Å². The Bertz CT molecular complexity index is 765. The fourth-order valence-corrected chi connectivity index (χ4v) is 3.48. The highest BCUT2D eigenvalue weighted by atomic mass is 16.5. The molecule has 0 aliphatic heterocycles. The molecule has 2 rings (SSSR count). The fraction of sp³-hybridized carbons (Fsp3) is 0.500. The molecule has 0 bridgehead atoms. The van der Waals surface area contributed by atoms with Gasteiger partial charge in [-0.1, -0.05) is 45.0 Å². The molecule has 0 unspecified atom stereocenters. The normalized spacial score (nSPS) is 11.8. The summed E-state index contributed by atoms with van der Waals surface area (Å²) in [6, 6.07) is 8.47. The lowest BCUT2D eigenvalue weighted by molar-refractivity contribution is 0.1000. The lowest BCUT2D eigenvalue weighted by Crippen LogP contribution is -2.14. The number of benzene rings is 1. The van der Waals surface area contributed by atoms with Crippen LogP contribution in [0.1, 0.15) is 61.4 Å². The Kier molecular flexibility index (Phi) is 6.30. The molecule has 0 spiro atoms. The molecular weight excluding hydrogens is 324 g/mol. The molecule has 0 aliphatic rings. The summed E-state index contributed by atoms with van der Waals surface area (Å²) < 4.78 is 7.63. The van der Waals surface area contributed by atoms with E-state index in [0.29, 0.717) is 5.56 Å². The quantitative estimate of drug-likeness (QED) is 0.737. The average molecular weight is 357 g/mol. The molecule has 0 saturated heterocycles. The van der Waals surface area contributed by atoms with Crippen molar-refractivity contribution in [1.29, 1.82) is 0 Å². The first kappa shape index (κ1) is 20.2. The Morgan fingerprint density at radius 2 is 1.73 bits per heavy atom. The van der Waals surface area contributed by atoms with E-state index in [0.717, 1.165) is 48.7 Å². The highest BCUT2D eigenvalue weighted by Crippen LogP contribution is 2.34. The van der Waals surface area contributed by atoms with Gasteiger partial charge in [-0.3, -0.25) is 4.79 Å². The molecule has 2 aromatic rings. The average Bonchev–Trinajstić information content (AvgIpc) is 2.82. The van der Waals surface area contributed by atoms with Crippen LogP contribution in [-0.4, -0.2) is 23.7 Å². The molecule has 4 heteroatoms. The van der Waals surface area contributed by atoms with Crippen LogP contribution in [0.5, 0.6) is 0 Å². The van der Waals surface area contributed by atoms with E-state index in [-0.39, 0.29) is 11.3 Å². The van der Waals surface area contributed by atoms with Crippen molar-refractivity contribution in [3.8, 4) is 11.1 Å². The Balaban J connectivity index is 2.45. The monoisotopic (exact) mass is 356 g/mol. The van der Waals surface area contributed by atoms with Gasteiger partial charge >= 0.3 is 0 Å². The lowest BCUT2D eigenvalue weighted by Gasteiger charge is -2.19. The number of ether oxygens (including phenoxy) is 1. The molecule has 0 saturated carbocycles. The Morgan fingerprint density at radius 3 is 2.23 bits per heavy atom. The maximum atomic E-state index is 12.2. The van der Waals surface area contributed by atoms with E-state index in [1.165, 1.54) is 5.56 Å². The standard InChI is InChI=1S/C22H32N2O2/c1-7-26-14-8-13-24-15(2)19(20(16(24)3)21(23)25)17-9-11-18(12-10-17)22(4,5)6/h9-12H,7-8,13-14H2,1-6H3,(H2,23,25). The van der Waals surface area contributed by atoms with Gasteiger partial charge in [0.05, 0.1) is 5.56 Å². The van der Waals surface area contributed by atoms with Crippen LogP contribution in [0.4, 0.5) is 0 Å². The SMILES string of the molecule is CCOCCCn1c(C)c(C(N)=O)c(-c2ccc(C(C)(C)C)cc2)c1C. The van der Waals surface area contributed by atoms with Crippen molar-refractivity contribution in [2.45, 2.75) is 59.9 Å². The summed E-state index contributed by atoms with van der Waals surface area (Å²) >= 11 is 0. The van der Waals surface area contributed by atoms with E-state index in [9.17, 15) is 4.79 Å². The van der Waals surface area contributed by atoms with Gasteiger partial charge in [-0.15, -0.1) is 0 Å². The minimum absolute atomic E-state index is 0.0984. The predicted octanol–water partition coefficient (Wildman–Crippen LogP) is 4.59. The molecular formula is C22H32N2O2. The number of primary amides is 1. The van der Waals surface area contributed by atoms with Gasteiger partial charge in [0.2, 0.25) is 0 Å². The number of rotatable bonds is 7. The van der Waals surface area contributed by atoms with Gasteiger partial charge in [-0.05, 0) is 43.7 Å². The summed E-state index contributed by atoms with van der Waals surface area (Å²) in [5, 5.41) is 0. The first-order chi connectivity index (χ1) is 12.2. The summed E-state index contributed by atoms with van der Waals surface area (Å²) in [6.07, 6.45) is 0.908. The topological polar surface area (TPSA) is 57.2 Å². The number of aromatic nitrogens is 1. The minimum atomic E-state index is -0.371. The summed E-state index contributed by atoms with van der Waals surface area (Å²) in [5.41, 5.74) is 11.7. The third-order valence-electron chi connectivity index (χ3n) is 4.94. The second-order valence-corrected chi connectivity index (χ2v) is 7.81. The van der Waals surface area contributed by atoms with Gasteiger partial charge in [0.15, 0.2) is 0 Å². The third-order valence-corrected chi connectivity index (χ3v) is 4.94. The molecule has 0 atom stereocenters. The van der Waals surface area contributed by atoms with Crippen LogP contribution < -0.4 is 5.73 Å². The van der Waals surface area contributed by atoms with Crippen molar-refractivity contribution in [1.82, 2.24) is 4.57 Å². The first-order valence-electron chi connectivity index (χ1n) is 9.36. The van der Waals surface area contributed by atoms with Crippen molar-refractivity contribution < 1.29 is 9.53 Å². The maximum absolute atomic E-state index is 12.2. The molecule has 0 radical (unpaired) electrons. The smallest absolute Gasteiger partial charge is 0.251 e. The number of carbonyl (C=O) groups excluding carboxylic acids is 1. The number of hydrogen-bond donors (Lipinski definition) is 1. The Labute approximate surface area is 157 Å². The molecule has 1 aromatic heterocycles. The van der Waals surface area contributed by atoms with Gasteiger partial charge in [-0.25, -0.2) is 0 Å². The minimum Gasteiger partial charge on any atom is -0.382 e. The number of carbonyl (C=O) groups is 1. The zero-order valence-corrected chi connectivity index (χ0v) is 17.0. The van der Waals surface area contributed by atoms with E-state index in [4.69, 9.17) is 10.5 Å². The summed E-state index contributed by atoms with van der Waals surface area (Å²) in [6.45, 7) is 14.9. The Morgan fingerprint density at radius 1 is 1.12 bits per heavy atom. The summed E-state index contributed by atoms with van der Waals surface area (Å²) in [5.74, 6) is -0.371. The zero-order valence-electron chi connectivity index (χ0n) is 17.0. The molecule has 1 heterocycles. The maximum Gasteiger partial charge on any atom is 0.251 e. The molecule has 142 valence electrons. The van der Waals surface area contributed by atoms with Gasteiger partial charge in [0.25, 0.3) is 5.91 Å². The molecule has 2 N–H and O–H groups in total.